The highest BCUT2D eigenvalue weighted by atomic mass is 32.1. The Hall–Kier alpha value is -1.65. The monoisotopic (exact) mass is 289 g/mol. The molecule has 106 valence electrons. The van der Waals surface area contributed by atoms with E-state index in [1.165, 1.54) is 4.88 Å². The van der Waals surface area contributed by atoms with Crippen molar-refractivity contribution >= 4 is 17.3 Å². The summed E-state index contributed by atoms with van der Waals surface area (Å²) in [7, 11) is 0. The van der Waals surface area contributed by atoms with Crippen molar-refractivity contribution in [3.05, 3.63) is 57.8 Å². The van der Waals surface area contributed by atoms with Gasteiger partial charge in [-0.2, -0.15) is 0 Å². The molecule has 2 N–H and O–H groups in total. The Labute approximate surface area is 123 Å². The summed E-state index contributed by atoms with van der Waals surface area (Å²) in [6.07, 6.45) is 0. The van der Waals surface area contributed by atoms with E-state index in [9.17, 15) is 4.79 Å². The zero-order chi connectivity index (χ0) is 14.5. The van der Waals surface area contributed by atoms with Crippen molar-refractivity contribution in [2.75, 3.05) is 0 Å². The Bertz CT molecular complexity index is 548. The van der Waals surface area contributed by atoms with E-state index in [0.717, 1.165) is 17.7 Å². The van der Waals surface area contributed by atoms with Gasteiger partial charge in [0.2, 0.25) is 0 Å². The summed E-state index contributed by atoms with van der Waals surface area (Å²) < 4.78 is 0. The van der Waals surface area contributed by atoms with Crippen molar-refractivity contribution in [2.45, 2.75) is 32.4 Å². The molecule has 0 bridgehead atoms. The summed E-state index contributed by atoms with van der Waals surface area (Å²) in [4.78, 5) is 12.2. The van der Waals surface area contributed by atoms with Gasteiger partial charge in [0.25, 0.3) is 0 Å². The van der Waals surface area contributed by atoms with Crippen molar-refractivity contribution in [2.24, 2.45) is 0 Å². The first-order valence-electron chi connectivity index (χ1n) is 6.66. The number of benzene rings is 1. The van der Waals surface area contributed by atoms with E-state index in [1.807, 2.05) is 24.3 Å². The minimum atomic E-state index is -0.790. The van der Waals surface area contributed by atoms with Crippen LogP contribution >= 0.6 is 11.3 Å². The molecule has 0 saturated heterocycles. The molecule has 2 aromatic rings. The fraction of sp³-hybridized carbons (Fsp3) is 0.312. The molecule has 0 aliphatic carbocycles. The van der Waals surface area contributed by atoms with Gasteiger partial charge >= 0.3 is 5.97 Å². The van der Waals surface area contributed by atoms with Gasteiger partial charge in [-0.05, 0) is 36.4 Å². The van der Waals surface area contributed by atoms with Gasteiger partial charge in [0.15, 0.2) is 0 Å². The fourth-order valence-electron chi connectivity index (χ4n) is 1.98. The normalized spacial score (nSPS) is 13.9. The summed E-state index contributed by atoms with van der Waals surface area (Å²) >= 11 is 1.75. The van der Waals surface area contributed by atoms with Gasteiger partial charge in [-0.15, -0.1) is 11.3 Å². The number of carbonyl (C=O) groups is 1. The lowest BCUT2D eigenvalue weighted by atomic mass is 10.00. The molecule has 1 unspecified atom stereocenters. The third kappa shape index (κ3) is 3.68. The van der Waals surface area contributed by atoms with E-state index in [0.29, 0.717) is 6.04 Å². The van der Waals surface area contributed by atoms with Crippen molar-refractivity contribution in [1.29, 1.82) is 0 Å². The third-order valence-electron chi connectivity index (χ3n) is 3.43. The molecule has 0 amide bonds. The lowest BCUT2D eigenvalue weighted by Gasteiger charge is -2.13. The molecule has 20 heavy (non-hydrogen) atoms. The molecular formula is C16H19NO2S. The summed E-state index contributed by atoms with van der Waals surface area (Å²) in [6.45, 7) is 4.63. The maximum Gasteiger partial charge on any atom is 0.310 e. The molecule has 2 atom stereocenters. The van der Waals surface area contributed by atoms with Crippen LogP contribution in [0.15, 0.2) is 41.8 Å². The van der Waals surface area contributed by atoms with Crippen molar-refractivity contribution in [1.82, 2.24) is 5.32 Å². The molecule has 1 heterocycles. The number of rotatable bonds is 6. The van der Waals surface area contributed by atoms with Crippen LogP contribution in [0.1, 0.15) is 41.8 Å². The molecule has 3 nitrogen and oxygen atoms in total. The number of aliphatic carboxylic acids is 1. The minimum absolute atomic E-state index is 0.326. The Morgan fingerprint density at radius 3 is 2.50 bits per heavy atom. The average Bonchev–Trinajstić information content (AvgIpc) is 2.98. The molecule has 0 saturated carbocycles. The van der Waals surface area contributed by atoms with Gasteiger partial charge < -0.3 is 10.4 Å². The molecule has 4 heteroatoms. The quantitative estimate of drug-likeness (QED) is 0.850. The maximum atomic E-state index is 10.9. The molecule has 1 aromatic carbocycles. The minimum Gasteiger partial charge on any atom is -0.481 e. The highest BCUT2D eigenvalue weighted by Crippen LogP contribution is 2.19. The van der Waals surface area contributed by atoms with Gasteiger partial charge in [-0.3, -0.25) is 4.79 Å². The first-order valence-corrected chi connectivity index (χ1v) is 7.54. The molecule has 0 fully saturated rings. The van der Waals surface area contributed by atoms with Crippen LogP contribution in [0.25, 0.3) is 0 Å². The van der Waals surface area contributed by atoms with Crippen LogP contribution in [-0.2, 0) is 11.3 Å². The van der Waals surface area contributed by atoms with E-state index in [1.54, 1.807) is 18.3 Å². The number of carboxylic acids is 1. The third-order valence-corrected chi connectivity index (χ3v) is 4.49. The first-order chi connectivity index (χ1) is 9.58. The zero-order valence-corrected chi connectivity index (χ0v) is 12.5. The second kappa shape index (κ2) is 6.68. The molecule has 0 spiro atoms. The van der Waals surface area contributed by atoms with Crippen LogP contribution in [0.3, 0.4) is 0 Å². The van der Waals surface area contributed by atoms with Crippen molar-refractivity contribution in [3.63, 3.8) is 0 Å². The standard InChI is InChI=1S/C16H19NO2S/c1-11(16(18)19)14-7-5-13(6-8-14)10-17-12(2)15-4-3-9-20-15/h3-9,11-12,17H,10H2,1-2H3,(H,18,19)/t11?,12-/m1/s1. The number of hydrogen-bond acceptors (Lipinski definition) is 3. The Balaban J connectivity index is 1.92. The molecule has 0 radical (unpaired) electrons. The van der Waals surface area contributed by atoms with Crippen LogP contribution in [0, 0.1) is 0 Å². The lowest BCUT2D eigenvalue weighted by molar-refractivity contribution is -0.138. The van der Waals surface area contributed by atoms with Crippen LogP contribution in [0.2, 0.25) is 0 Å². The van der Waals surface area contributed by atoms with Crippen molar-refractivity contribution < 1.29 is 9.90 Å². The number of carboxylic acid groups (broad SMARTS) is 1. The maximum absolute atomic E-state index is 10.9. The van der Waals surface area contributed by atoms with E-state index in [4.69, 9.17) is 5.11 Å². The lowest BCUT2D eigenvalue weighted by Crippen LogP contribution is -2.17. The Morgan fingerprint density at radius 1 is 1.25 bits per heavy atom. The van der Waals surface area contributed by atoms with Gasteiger partial charge in [0.05, 0.1) is 5.92 Å². The fourth-order valence-corrected chi connectivity index (χ4v) is 2.73. The summed E-state index contributed by atoms with van der Waals surface area (Å²) in [5.74, 6) is -1.25. The number of thiophene rings is 1. The number of hydrogen-bond donors (Lipinski definition) is 2. The van der Waals surface area contributed by atoms with Gasteiger partial charge in [-0.25, -0.2) is 0 Å². The smallest absolute Gasteiger partial charge is 0.310 e. The van der Waals surface area contributed by atoms with E-state index < -0.39 is 11.9 Å². The second-order valence-corrected chi connectivity index (χ2v) is 5.90. The van der Waals surface area contributed by atoms with Crippen LogP contribution < -0.4 is 5.32 Å². The van der Waals surface area contributed by atoms with Crippen LogP contribution in [0.4, 0.5) is 0 Å². The van der Waals surface area contributed by atoms with Crippen LogP contribution in [0.5, 0.6) is 0 Å². The highest BCUT2D eigenvalue weighted by Gasteiger charge is 2.13. The molecule has 0 aliphatic heterocycles. The topological polar surface area (TPSA) is 49.3 Å². The number of nitrogens with one attached hydrogen (secondary N) is 1. The molecule has 1 aromatic heterocycles. The predicted molar refractivity (Wildman–Crippen MR) is 82.1 cm³/mol. The largest absolute Gasteiger partial charge is 0.481 e. The summed E-state index contributed by atoms with van der Waals surface area (Å²) in [5, 5.41) is 14.5. The average molecular weight is 289 g/mol. The highest BCUT2D eigenvalue weighted by molar-refractivity contribution is 7.10. The van der Waals surface area contributed by atoms with Gasteiger partial charge in [0, 0.05) is 17.5 Å². The van der Waals surface area contributed by atoms with E-state index in [2.05, 4.69) is 29.8 Å². The zero-order valence-electron chi connectivity index (χ0n) is 11.7. The van der Waals surface area contributed by atoms with Crippen LogP contribution in [-0.4, -0.2) is 11.1 Å². The SMILES string of the molecule is CC(C(=O)O)c1ccc(CN[C@H](C)c2cccs2)cc1. The first kappa shape index (κ1) is 14.8. The summed E-state index contributed by atoms with van der Waals surface area (Å²) in [5.41, 5.74) is 2.00. The second-order valence-electron chi connectivity index (χ2n) is 4.92. The van der Waals surface area contributed by atoms with Crippen molar-refractivity contribution in [3.8, 4) is 0 Å². The molecular weight excluding hydrogens is 270 g/mol. The Kier molecular flexibility index (Phi) is 4.93. The van der Waals surface area contributed by atoms with E-state index in [-0.39, 0.29) is 0 Å². The van der Waals surface area contributed by atoms with Gasteiger partial charge in [0.1, 0.15) is 0 Å². The van der Waals surface area contributed by atoms with Gasteiger partial charge in [-0.1, -0.05) is 30.3 Å². The van der Waals surface area contributed by atoms with E-state index >= 15 is 0 Å². The molecule has 0 aliphatic rings. The predicted octanol–water partition coefficient (Wildman–Crippen LogP) is 3.79. The molecule has 2 rings (SSSR count). The summed E-state index contributed by atoms with van der Waals surface area (Å²) in [6, 6.07) is 12.3. The Morgan fingerprint density at radius 2 is 1.95 bits per heavy atom.